The zero-order valence-electron chi connectivity index (χ0n) is 26.8. The molecule has 0 aromatic heterocycles. The third kappa shape index (κ3) is 6.66. The number of benzene rings is 2. The molecule has 248 valence electrons. The van der Waals surface area contributed by atoms with Gasteiger partial charge in [0, 0.05) is 43.2 Å². The van der Waals surface area contributed by atoms with Crippen LogP contribution in [0.3, 0.4) is 0 Å². The molecule has 2 amide bonds. The van der Waals surface area contributed by atoms with Crippen molar-refractivity contribution < 1.29 is 27.5 Å². The summed E-state index contributed by atoms with van der Waals surface area (Å²) in [5, 5.41) is -0.0525. The Labute approximate surface area is 277 Å². The fourth-order valence-electron chi connectivity index (χ4n) is 7.42. The van der Waals surface area contributed by atoms with E-state index in [4.69, 9.17) is 21.1 Å². The number of nitrogens with zero attached hydrogens (tertiary/aromatic N) is 2. The van der Waals surface area contributed by atoms with E-state index in [0.717, 1.165) is 42.8 Å². The van der Waals surface area contributed by atoms with Crippen molar-refractivity contribution in [3.63, 3.8) is 0 Å². The summed E-state index contributed by atoms with van der Waals surface area (Å²) >= 11 is 6.42. The fraction of sp³-hybridized carbons (Fsp3) is 0.543. The first kappa shape index (κ1) is 32.8. The summed E-state index contributed by atoms with van der Waals surface area (Å²) in [4.78, 5) is 29.7. The minimum atomic E-state index is -3.91. The highest BCUT2D eigenvalue weighted by Crippen LogP contribution is 2.47. The van der Waals surface area contributed by atoms with E-state index in [9.17, 15) is 18.0 Å². The standard InChI is InChI=1S/C35H44ClN3O6S/c1-23-7-4-5-9-31(44-20-33(40)38(2)3)28-13-10-26(28)19-39-21-35(16-6-8-24-17-27(36)12-14-29(24)35)22-45-32-15-11-25(18-30(32)39)34(41)37-46(23,42)43/h5,9,11-12,14-15,17-18,23,26,28,31H,4,6-8,10,13,16,19-22H2,1-3H3,(H,37,41)/b9-5+/t23-,26+,28-,31+,35+/m1/s1. The van der Waals surface area contributed by atoms with E-state index in [1.165, 1.54) is 16.0 Å². The maximum Gasteiger partial charge on any atom is 0.264 e. The average molecular weight is 670 g/mol. The molecule has 2 aliphatic carbocycles. The molecule has 5 atom stereocenters. The number of carbonyl (C=O) groups excluding carboxylic acids is 2. The van der Waals surface area contributed by atoms with E-state index in [1.54, 1.807) is 39.2 Å². The number of ether oxygens (including phenoxy) is 2. The lowest BCUT2D eigenvalue weighted by atomic mass is 9.68. The summed E-state index contributed by atoms with van der Waals surface area (Å²) < 4.78 is 41.4. The number of hydrogen-bond acceptors (Lipinski definition) is 7. The monoisotopic (exact) mass is 669 g/mol. The number of carbonyl (C=O) groups is 2. The molecule has 1 N–H and O–H groups in total. The quantitative estimate of drug-likeness (QED) is 0.453. The van der Waals surface area contributed by atoms with Crippen LogP contribution in [0.2, 0.25) is 5.02 Å². The molecule has 2 aliphatic heterocycles. The van der Waals surface area contributed by atoms with Gasteiger partial charge in [-0.15, -0.1) is 0 Å². The van der Waals surface area contributed by atoms with Gasteiger partial charge in [0.15, 0.2) is 0 Å². The Hall–Kier alpha value is -3.08. The van der Waals surface area contributed by atoms with Gasteiger partial charge < -0.3 is 19.3 Å². The molecule has 1 spiro atoms. The molecule has 1 fully saturated rings. The van der Waals surface area contributed by atoms with Crippen molar-refractivity contribution in [2.24, 2.45) is 11.8 Å². The SMILES string of the molecule is C[C@@H]1CC/C=C/[C@H](OCC(=O)N(C)C)[C@@H]2CC[C@H]2CN2C[C@@]3(CCCc4cc(Cl)ccc43)COc3ccc(cc32)C(=O)NS1(=O)=O. The van der Waals surface area contributed by atoms with Gasteiger partial charge >= 0.3 is 0 Å². The fourth-order valence-corrected chi connectivity index (χ4v) is 8.63. The molecule has 1 saturated carbocycles. The number of amides is 2. The Bertz CT molecular complexity index is 1630. The van der Waals surface area contributed by atoms with Gasteiger partial charge in [-0.1, -0.05) is 29.8 Å². The minimum Gasteiger partial charge on any atom is -0.490 e. The molecule has 2 bridgehead atoms. The van der Waals surface area contributed by atoms with Gasteiger partial charge in [-0.05, 0) is 105 Å². The molecular weight excluding hydrogens is 626 g/mol. The van der Waals surface area contributed by atoms with Gasteiger partial charge in [0.05, 0.1) is 23.6 Å². The number of rotatable bonds is 3. The van der Waals surface area contributed by atoms with Gasteiger partial charge in [0.2, 0.25) is 15.9 Å². The lowest BCUT2D eigenvalue weighted by Gasteiger charge is -2.46. The molecule has 2 aromatic rings. The summed E-state index contributed by atoms with van der Waals surface area (Å²) in [7, 11) is -0.479. The lowest BCUT2D eigenvalue weighted by Crippen LogP contribution is -2.50. The Morgan fingerprint density at radius 1 is 1.17 bits per heavy atom. The predicted molar refractivity (Wildman–Crippen MR) is 179 cm³/mol. The van der Waals surface area contributed by atoms with Crippen molar-refractivity contribution in [1.82, 2.24) is 9.62 Å². The van der Waals surface area contributed by atoms with Crippen LogP contribution in [0.4, 0.5) is 5.69 Å². The van der Waals surface area contributed by atoms with Crippen LogP contribution in [-0.4, -0.2) is 76.9 Å². The first-order valence-corrected chi connectivity index (χ1v) is 18.2. The van der Waals surface area contributed by atoms with Crippen molar-refractivity contribution in [2.75, 3.05) is 45.3 Å². The van der Waals surface area contributed by atoms with E-state index in [1.807, 2.05) is 18.2 Å². The second-order valence-electron chi connectivity index (χ2n) is 13.6. The van der Waals surface area contributed by atoms with Gasteiger partial charge in [-0.2, -0.15) is 0 Å². The highest BCUT2D eigenvalue weighted by molar-refractivity contribution is 7.90. The summed E-state index contributed by atoms with van der Waals surface area (Å²) in [6.45, 7) is 3.46. The van der Waals surface area contributed by atoms with Gasteiger partial charge in [0.1, 0.15) is 12.4 Å². The van der Waals surface area contributed by atoms with Gasteiger partial charge in [0.25, 0.3) is 5.91 Å². The van der Waals surface area contributed by atoms with Gasteiger partial charge in [-0.25, -0.2) is 13.1 Å². The van der Waals surface area contributed by atoms with E-state index in [0.29, 0.717) is 38.3 Å². The van der Waals surface area contributed by atoms with Crippen LogP contribution >= 0.6 is 11.6 Å². The summed E-state index contributed by atoms with van der Waals surface area (Å²) in [6, 6.07) is 11.4. The number of allylic oxidation sites excluding steroid dienone is 1. The normalized spacial score (nSPS) is 29.7. The molecule has 4 aliphatic rings. The number of likely N-dealkylation sites (N-methyl/N-ethyl adjacent to an activating group) is 1. The maximum atomic E-state index is 13.4. The summed E-state index contributed by atoms with van der Waals surface area (Å²) in [6.07, 6.45) is 9.44. The predicted octanol–water partition coefficient (Wildman–Crippen LogP) is 5.11. The van der Waals surface area contributed by atoms with Crippen molar-refractivity contribution in [1.29, 1.82) is 0 Å². The number of nitrogens with one attached hydrogen (secondary N) is 1. The van der Waals surface area contributed by atoms with Crippen LogP contribution in [0, 0.1) is 11.8 Å². The lowest BCUT2D eigenvalue weighted by molar-refractivity contribution is -0.137. The van der Waals surface area contributed by atoms with Crippen molar-refractivity contribution in [3.8, 4) is 5.75 Å². The summed E-state index contributed by atoms with van der Waals surface area (Å²) in [5.74, 6) is 0.398. The molecule has 0 unspecified atom stereocenters. The molecular formula is C35H44ClN3O6S. The molecule has 9 nitrogen and oxygen atoms in total. The van der Waals surface area contributed by atoms with E-state index >= 15 is 0 Å². The number of sulfonamides is 1. The van der Waals surface area contributed by atoms with Crippen molar-refractivity contribution in [2.45, 2.75) is 68.6 Å². The Balaban J connectivity index is 1.40. The second-order valence-corrected chi connectivity index (χ2v) is 16.2. The molecule has 2 aromatic carbocycles. The summed E-state index contributed by atoms with van der Waals surface area (Å²) in [5.41, 5.74) is 3.26. The zero-order valence-corrected chi connectivity index (χ0v) is 28.4. The van der Waals surface area contributed by atoms with Crippen LogP contribution < -0.4 is 14.4 Å². The number of anilines is 1. The molecule has 46 heavy (non-hydrogen) atoms. The number of hydrogen-bond donors (Lipinski definition) is 1. The highest BCUT2D eigenvalue weighted by Gasteiger charge is 2.44. The first-order chi connectivity index (χ1) is 22.0. The largest absolute Gasteiger partial charge is 0.490 e. The number of halogens is 1. The highest BCUT2D eigenvalue weighted by atomic mass is 35.5. The topological polar surface area (TPSA) is 105 Å². The van der Waals surface area contributed by atoms with Crippen LogP contribution in [0.5, 0.6) is 5.75 Å². The maximum absolute atomic E-state index is 13.4. The Morgan fingerprint density at radius 2 is 2.00 bits per heavy atom. The molecule has 0 saturated heterocycles. The van der Waals surface area contributed by atoms with Crippen LogP contribution in [-0.2, 0) is 31.4 Å². The number of fused-ring (bicyclic) bond motifs is 4. The second kappa shape index (κ2) is 13.2. The van der Waals surface area contributed by atoms with Crippen LogP contribution in [0.1, 0.15) is 66.9 Å². The van der Waals surface area contributed by atoms with E-state index in [-0.39, 0.29) is 41.4 Å². The molecule has 0 radical (unpaired) electrons. The van der Waals surface area contributed by atoms with E-state index < -0.39 is 21.2 Å². The molecule has 11 heteroatoms. The third-order valence-electron chi connectivity index (χ3n) is 10.4. The first-order valence-electron chi connectivity index (χ1n) is 16.3. The smallest absolute Gasteiger partial charge is 0.264 e. The third-order valence-corrected chi connectivity index (χ3v) is 12.4. The minimum absolute atomic E-state index is 0.0196. The van der Waals surface area contributed by atoms with E-state index in [2.05, 4.69) is 21.8 Å². The zero-order chi connectivity index (χ0) is 32.6. The van der Waals surface area contributed by atoms with Crippen LogP contribution in [0.25, 0.3) is 0 Å². The molecule has 2 heterocycles. The Kier molecular flexibility index (Phi) is 9.43. The van der Waals surface area contributed by atoms with Crippen molar-refractivity contribution >= 4 is 39.1 Å². The molecule has 6 rings (SSSR count). The number of aryl methyl sites for hydroxylation is 1. The van der Waals surface area contributed by atoms with Crippen LogP contribution in [0.15, 0.2) is 48.6 Å². The van der Waals surface area contributed by atoms with Crippen molar-refractivity contribution in [3.05, 3.63) is 70.3 Å². The van der Waals surface area contributed by atoms with Gasteiger partial charge in [-0.3, -0.25) is 9.59 Å². The average Bonchev–Trinajstić information content (AvgIpc) is 3.15. The Morgan fingerprint density at radius 3 is 2.76 bits per heavy atom.